The van der Waals surface area contributed by atoms with Gasteiger partial charge in [-0.3, -0.25) is 9.69 Å². The molecule has 1 heterocycles. The van der Waals surface area contributed by atoms with Crippen molar-refractivity contribution >= 4 is 16.0 Å². The molecule has 25 heavy (non-hydrogen) atoms. The van der Waals surface area contributed by atoms with E-state index in [9.17, 15) is 13.2 Å². The van der Waals surface area contributed by atoms with Gasteiger partial charge >= 0.3 is 5.97 Å². The summed E-state index contributed by atoms with van der Waals surface area (Å²) in [6.07, 6.45) is -0.326. The molecular weight excluding hydrogens is 344 g/mol. The molecule has 0 bridgehead atoms. The fourth-order valence-electron chi connectivity index (χ4n) is 2.89. The van der Waals surface area contributed by atoms with E-state index in [2.05, 4.69) is 0 Å². The number of ether oxygens (including phenoxy) is 1. The average molecular weight is 370 g/mol. The Kier molecular flexibility index (Phi) is 6.56. The lowest BCUT2D eigenvalue weighted by Crippen LogP contribution is -2.49. The van der Waals surface area contributed by atoms with Crippen LogP contribution in [0.4, 0.5) is 0 Å². The number of sulfonamides is 1. The molecule has 0 radical (unpaired) electrons. The third-order valence-corrected chi connectivity index (χ3v) is 6.15. The van der Waals surface area contributed by atoms with E-state index in [1.165, 1.54) is 4.31 Å². The Balaban J connectivity index is 2.00. The number of aliphatic carboxylic acids is 1. The highest BCUT2D eigenvalue weighted by atomic mass is 32.2. The Hall–Kier alpha value is -1.48. The van der Waals surface area contributed by atoms with Crippen molar-refractivity contribution < 1.29 is 23.1 Å². The summed E-state index contributed by atoms with van der Waals surface area (Å²) >= 11 is 0. The number of likely N-dealkylation sites (N-methyl/N-ethyl adjacent to an activating group) is 1. The summed E-state index contributed by atoms with van der Waals surface area (Å²) in [7, 11) is -1.76. The topological polar surface area (TPSA) is 87.2 Å². The van der Waals surface area contributed by atoms with Gasteiger partial charge in [-0.15, -0.1) is 0 Å². The molecule has 1 aliphatic rings. The first kappa shape index (κ1) is 19.8. The maximum atomic E-state index is 12.7. The van der Waals surface area contributed by atoms with Crippen molar-refractivity contribution in [3.8, 4) is 0 Å². The summed E-state index contributed by atoms with van der Waals surface area (Å²) in [5, 5.41) is 8.81. The molecule has 0 aliphatic carbocycles. The molecule has 0 aromatic heterocycles. The highest BCUT2D eigenvalue weighted by molar-refractivity contribution is 7.88. The zero-order valence-electron chi connectivity index (χ0n) is 14.9. The highest BCUT2D eigenvalue weighted by Gasteiger charge is 2.30. The first-order chi connectivity index (χ1) is 11.7. The monoisotopic (exact) mass is 370 g/mol. The van der Waals surface area contributed by atoms with Gasteiger partial charge in [0, 0.05) is 19.6 Å². The van der Waals surface area contributed by atoms with Gasteiger partial charge in [0.1, 0.15) is 0 Å². The van der Waals surface area contributed by atoms with E-state index in [-0.39, 0.29) is 24.9 Å². The lowest BCUT2D eigenvalue weighted by Gasteiger charge is -2.33. The van der Waals surface area contributed by atoms with Crippen LogP contribution in [0.25, 0.3) is 0 Å². The summed E-state index contributed by atoms with van der Waals surface area (Å²) in [5.41, 5.74) is 2.98. The molecule has 0 spiro atoms. The van der Waals surface area contributed by atoms with Crippen LogP contribution in [0, 0.1) is 13.8 Å². The van der Waals surface area contributed by atoms with E-state index in [1.807, 2.05) is 32.0 Å². The van der Waals surface area contributed by atoms with Crippen molar-refractivity contribution in [2.24, 2.45) is 0 Å². The zero-order valence-corrected chi connectivity index (χ0v) is 15.8. The maximum absolute atomic E-state index is 12.7. The summed E-state index contributed by atoms with van der Waals surface area (Å²) in [4.78, 5) is 12.4. The molecule has 1 saturated heterocycles. The van der Waals surface area contributed by atoms with Crippen LogP contribution in [0.1, 0.15) is 16.7 Å². The van der Waals surface area contributed by atoms with Gasteiger partial charge in [0.2, 0.25) is 10.0 Å². The molecule has 8 heteroatoms. The van der Waals surface area contributed by atoms with E-state index in [0.29, 0.717) is 19.7 Å². The first-order valence-corrected chi connectivity index (χ1v) is 9.84. The third-order valence-electron chi connectivity index (χ3n) is 4.34. The number of carbonyl (C=O) groups is 1. The highest BCUT2D eigenvalue weighted by Crippen LogP contribution is 2.18. The number of rotatable bonds is 7. The van der Waals surface area contributed by atoms with E-state index < -0.39 is 16.0 Å². The van der Waals surface area contributed by atoms with Crippen molar-refractivity contribution in [2.45, 2.75) is 25.7 Å². The average Bonchev–Trinajstić information content (AvgIpc) is 2.50. The summed E-state index contributed by atoms with van der Waals surface area (Å²) < 4.78 is 32.5. The second-order valence-electron chi connectivity index (χ2n) is 6.62. The SMILES string of the molecule is Cc1ccc(CS(=O)(=O)N2CCOC(CN(C)CC(=O)O)C2)cc1C. The first-order valence-electron chi connectivity index (χ1n) is 8.23. The predicted octanol–water partition coefficient (Wildman–Crippen LogP) is 0.850. The molecule has 1 N–H and O–H groups in total. The number of aryl methyl sites for hydroxylation is 2. The predicted molar refractivity (Wildman–Crippen MR) is 95.0 cm³/mol. The largest absolute Gasteiger partial charge is 0.480 e. The van der Waals surface area contributed by atoms with Crippen LogP contribution in [-0.4, -0.2) is 74.6 Å². The fourth-order valence-corrected chi connectivity index (χ4v) is 4.42. The van der Waals surface area contributed by atoms with Gasteiger partial charge in [-0.25, -0.2) is 8.42 Å². The van der Waals surface area contributed by atoms with Gasteiger partial charge in [0.05, 0.1) is 25.0 Å². The molecular formula is C17H26N2O5S. The Labute approximate surface area is 149 Å². The van der Waals surface area contributed by atoms with Gasteiger partial charge in [0.25, 0.3) is 0 Å². The lowest BCUT2D eigenvalue weighted by atomic mass is 10.1. The molecule has 1 aliphatic heterocycles. The van der Waals surface area contributed by atoms with Crippen molar-refractivity contribution in [1.29, 1.82) is 0 Å². The Morgan fingerprint density at radius 3 is 2.72 bits per heavy atom. The zero-order chi connectivity index (χ0) is 18.6. The fraction of sp³-hybridized carbons (Fsp3) is 0.588. The second kappa shape index (κ2) is 8.27. The van der Waals surface area contributed by atoms with E-state index >= 15 is 0 Å². The number of carboxylic acid groups (broad SMARTS) is 1. The number of morpholine rings is 1. The van der Waals surface area contributed by atoms with Gasteiger partial charge in [0.15, 0.2) is 0 Å². The van der Waals surface area contributed by atoms with Gasteiger partial charge in [-0.1, -0.05) is 18.2 Å². The second-order valence-corrected chi connectivity index (χ2v) is 8.59. The van der Waals surface area contributed by atoms with E-state index in [1.54, 1.807) is 11.9 Å². The maximum Gasteiger partial charge on any atom is 0.317 e. The molecule has 140 valence electrons. The molecule has 7 nitrogen and oxygen atoms in total. The number of hydrogen-bond acceptors (Lipinski definition) is 5. The number of benzene rings is 1. The minimum absolute atomic E-state index is 0.0359. The molecule has 1 aromatic carbocycles. The van der Waals surface area contributed by atoms with Crippen molar-refractivity contribution in [1.82, 2.24) is 9.21 Å². The normalized spacial score (nSPS) is 19.3. The van der Waals surface area contributed by atoms with Crippen molar-refractivity contribution in [2.75, 3.05) is 39.8 Å². The van der Waals surface area contributed by atoms with E-state index in [4.69, 9.17) is 9.84 Å². The van der Waals surface area contributed by atoms with Gasteiger partial charge < -0.3 is 9.84 Å². The Bertz CT molecular complexity index is 720. The summed E-state index contributed by atoms with van der Waals surface area (Å²) in [5.74, 6) is -0.955. The van der Waals surface area contributed by atoms with Crippen LogP contribution in [-0.2, 0) is 25.3 Å². The molecule has 1 fully saturated rings. The standard InChI is InChI=1S/C17H26N2O5S/c1-13-4-5-15(8-14(13)2)12-25(22,23)19-6-7-24-16(10-19)9-18(3)11-17(20)21/h4-5,8,16H,6-7,9-12H2,1-3H3,(H,20,21). The minimum atomic E-state index is -3.44. The molecule has 2 rings (SSSR count). The van der Waals surface area contributed by atoms with Crippen LogP contribution >= 0.6 is 0 Å². The van der Waals surface area contributed by atoms with Crippen LogP contribution < -0.4 is 0 Å². The van der Waals surface area contributed by atoms with Crippen LogP contribution in [0.5, 0.6) is 0 Å². The summed E-state index contributed by atoms with van der Waals surface area (Å²) in [6, 6.07) is 5.69. The minimum Gasteiger partial charge on any atom is -0.480 e. The van der Waals surface area contributed by atoms with Crippen LogP contribution in [0.3, 0.4) is 0 Å². The van der Waals surface area contributed by atoms with Crippen molar-refractivity contribution in [3.05, 3.63) is 34.9 Å². The summed E-state index contributed by atoms with van der Waals surface area (Å²) in [6.45, 7) is 5.13. The smallest absolute Gasteiger partial charge is 0.317 e. The molecule has 0 saturated carbocycles. The lowest BCUT2D eigenvalue weighted by molar-refractivity contribution is -0.138. The van der Waals surface area contributed by atoms with Gasteiger partial charge in [-0.2, -0.15) is 4.31 Å². The van der Waals surface area contributed by atoms with Crippen LogP contribution in [0.2, 0.25) is 0 Å². The number of hydrogen-bond donors (Lipinski definition) is 1. The van der Waals surface area contributed by atoms with Crippen molar-refractivity contribution in [3.63, 3.8) is 0 Å². The Morgan fingerprint density at radius 2 is 2.08 bits per heavy atom. The quantitative estimate of drug-likeness (QED) is 0.766. The van der Waals surface area contributed by atoms with E-state index in [0.717, 1.165) is 16.7 Å². The molecule has 0 amide bonds. The Morgan fingerprint density at radius 1 is 1.36 bits per heavy atom. The number of nitrogens with zero attached hydrogens (tertiary/aromatic N) is 2. The molecule has 1 unspecified atom stereocenters. The van der Waals surface area contributed by atoms with Gasteiger partial charge in [-0.05, 0) is 37.6 Å². The molecule has 1 aromatic rings. The molecule has 1 atom stereocenters. The third kappa shape index (κ3) is 5.78. The number of carboxylic acids is 1. The van der Waals surface area contributed by atoms with Crippen LogP contribution in [0.15, 0.2) is 18.2 Å².